The minimum absolute atomic E-state index is 0.126. The topological polar surface area (TPSA) is 49.4 Å². The number of carbonyl (C=O) groups is 2. The molecule has 1 unspecified atom stereocenters. The summed E-state index contributed by atoms with van der Waals surface area (Å²) in [5, 5.41) is 2.91. The minimum Gasteiger partial charge on any atom is -0.350 e. The molecule has 124 valence electrons. The maximum absolute atomic E-state index is 13.1. The molecule has 2 aromatic rings. The third-order valence-corrected chi connectivity index (χ3v) is 4.44. The van der Waals surface area contributed by atoms with E-state index in [1.807, 2.05) is 30.3 Å². The van der Waals surface area contributed by atoms with Gasteiger partial charge in [0.2, 0.25) is 11.8 Å². The molecule has 2 aromatic carbocycles. The molecule has 2 amide bonds. The van der Waals surface area contributed by atoms with E-state index in [2.05, 4.69) is 5.32 Å². The van der Waals surface area contributed by atoms with Gasteiger partial charge in [0, 0.05) is 18.7 Å². The van der Waals surface area contributed by atoms with Crippen molar-refractivity contribution in [3.63, 3.8) is 0 Å². The van der Waals surface area contributed by atoms with E-state index in [9.17, 15) is 14.0 Å². The number of rotatable bonds is 4. The highest BCUT2D eigenvalue weighted by atomic mass is 19.1. The van der Waals surface area contributed by atoms with Crippen LogP contribution in [0.1, 0.15) is 25.3 Å². The van der Waals surface area contributed by atoms with Crippen LogP contribution in [-0.2, 0) is 16.1 Å². The lowest BCUT2D eigenvalue weighted by Crippen LogP contribution is -2.54. The standard InChI is InChI=1S/C19H19FN2O2/c1-19(18(24)21-13-14-5-3-2-4-6-14)12-11-17(23)22(19)16-9-7-15(20)8-10-16/h2-10H,11-13H2,1H3,(H,21,24). The van der Waals surface area contributed by atoms with Crippen molar-refractivity contribution in [3.05, 3.63) is 66.0 Å². The first-order chi connectivity index (χ1) is 11.5. The third kappa shape index (κ3) is 3.02. The Morgan fingerprint density at radius 1 is 1.17 bits per heavy atom. The fourth-order valence-electron chi connectivity index (χ4n) is 3.05. The highest BCUT2D eigenvalue weighted by molar-refractivity contribution is 6.06. The highest BCUT2D eigenvalue weighted by Crippen LogP contribution is 2.35. The van der Waals surface area contributed by atoms with Gasteiger partial charge in [-0.1, -0.05) is 30.3 Å². The van der Waals surface area contributed by atoms with E-state index in [0.29, 0.717) is 25.1 Å². The minimum atomic E-state index is -0.969. The maximum atomic E-state index is 13.1. The van der Waals surface area contributed by atoms with Gasteiger partial charge in [-0.05, 0) is 43.2 Å². The van der Waals surface area contributed by atoms with E-state index in [0.717, 1.165) is 5.56 Å². The summed E-state index contributed by atoms with van der Waals surface area (Å²) >= 11 is 0. The Morgan fingerprint density at radius 3 is 2.50 bits per heavy atom. The van der Waals surface area contributed by atoms with Crippen molar-refractivity contribution in [2.45, 2.75) is 31.8 Å². The van der Waals surface area contributed by atoms with Crippen LogP contribution in [0.25, 0.3) is 0 Å². The number of halogens is 1. The molecule has 0 radical (unpaired) electrons. The van der Waals surface area contributed by atoms with E-state index in [-0.39, 0.29) is 17.6 Å². The predicted molar refractivity (Wildman–Crippen MR) is 89.8 cm³/mol. The van der Waals surface area contributed by atoms with Gasteiger partial charge in [-0.15, -0.1) is 0 Å². The second kappa shape index (κ2) is 6.43. The van der Waals surface area contributed by atoms with Crippen LogP contribution in [0.4, 0.5) is 10.1 Å². The summed E-state index contributed by atoms with van der Waals surface area (Å²) in [4.78, 5) is 26.5. The Hall–Kier alpha value is -2.69. The van der Waals surface area contributed by atoms with E-state index in [1.54, 1.807) is 6.92 Å². The molecule has 0 saturated carbocycles. The van der Waals surface area contributed by atoms with Crippen molar-refractivity contribution in [3.8, 4) is 0 Å². The Labute approximate surface area is 140 Å². The van der Waals surface area contributed by atoms with Crippen LogP contribution >= 0.6 is 0 Å². The second-order valence-corrected chi connectivity index (χ2v) is 6.15. The van der Waals surface area contributed by atoms with Crippen molar-refractivity contribution in [2.75, 3.05) is 4.90 Å². The van der Waals surface area contributed by atoms with Crippen LogP contribution in [-0.4, -0.2) is 17.4 Å². The Balaban J connectivity index is 1.79. The van der Waals surface area contributed by atoms with Crippen molar-refractivity contribution in [2.24, 2.45) is 0 Å². The normalized spacial score (nSPS) is 20.2. The first-order valence-electron chi connectivity index (χ1n) is 7.91. The average Bonchev–Trinajstić information content (AvgIpc) is 2.91. The highest BCUT2D eigenvalue weighted by Gasteiger charge is 2.47. The number of amides is 2. The van der Waals surface area contributed by atoms with E-state index >= 15 is 0 Å². The molecule has 1 aliphatic rings. The average molecular weight is 326 g/mol. The Morgan fingerprint density at radius 2 is 1.83 bits per heavy atom. The fraction of sp³-hybridized carbons (Fsp3) is 0.263. The number of benzene rings is 2. The number of hydrogen-bond donors (Lipinski definition) is 1. The summed E-state index contributed by atoms with van der Waals surface area (Å²) in [5.41, 5.74) is 0.562. The Kier molecular flexibility index (Phi) is 4.34. The summed E-state index contributed by atoms with van der Waals surface area (Å²) in [6, 6.07) is 15.2. The molecule has 0 bridgehead atoms. The number of hydrogen-bond acceptors (Lipinski definition) is 2. The third-order valence-electron chi connectivity index (χ3n) is 4.44. The van der Waals surface area contributed by atoms with Gasteiger partial charge in [0.25, 0.3) is 0 Å². The van der Waals surface area contributed by atoms with E-state index in [1.165, 1.54) is 29.2 Å². The summed E-state index contributed by atoms with van der Waals surface area (Å²) < 4.78 is 13.1. The second-order valence-electron chi connectivity index (χ2n) is 6.15. The lowest BCUT2D eigenvalue weighted by atomic mass is 9.97. The van der Waals surface area contributed by atoms with Gasteiger partial charge in [0.15, 0.2) is 0 Å². The predicted octanol–water partition coefficient (Wildman–Crippen LogP) is 3.03. The summed E-state index contributed by atoms with van der Waals surface area (Å²) in [7, 11) is 0. The van der Waals surface area contributed by atoms with Gasteiger partial charge in [-0.3, -0.25) is 14.5 Å². The van der Waals surface area contributed by atoms with Crippen LogP contribution in [0.3, 0.4) is 0 Å². The van der Waals surface area contributed by atoms with Gasteiger partial charge in [-0.2, -0.15) is 0 Å². The first-order valence-corrected chi connectivity index (χ1v) is 7.91. The zero-order valence-corrected chi connectivity index (χ0v) is 13.5. The SMILES string of the molecule is CC1(C(=O)NCc2ccccc2)CCC(=O)N1c1ccc(F)cc1. The molecule has 1 aliphatic heterocycles. The van der Waals surface area contributed by atoms with E-state index < -0.39 is 5.54 Å². The molecular formula is C19H19FN2O2. The van der Waals surface area contributed by atoms with Gasteiger partial charge >= 0.3 is 0 Å². The summed E-state index contributed by atoms with van der Waals surface area (Å²) in [5.74, 6) is -0.707. The Bertz CT molecular complexity index is 746. The molecule has 1 fully saturated rings. The van der Waals surface area contributed by atoms with Crippen LogP contribution in [0.5, 0.6) is 0 Å². The summed E-state index contributed by atoms with van der Waals surface area (Å²) in [6.45, 7) is 2.16. The number of nitrogens with zero attached hydrogens (tertiary/aromatic N) is 1. The molecule has 3 rings (SSSR count). The smallest absolute Gasteiger partial charge is 0.246 e. The molecule has 1 saturated heterocycles. The van der Waals surface area contributed by atoms with Crippen molar-refractivity contribution in [1.29, 1.82) is 0 Å². The van der Waals surface area contributed by atoms with Crippen LogP contribution < -0.4 is 10.2 Å². The largest absolute Gasteiger partial charge is 0.350 e. The van der Waals surface area contributed by atoms with E-state index in [4.69, 9.17) is 0 Å². The number of nitrogens with one attached hydrogen (secondary N) is 1. The van der Waals surface area contributed by atoms with Gasteiger partial charge in [0.05, 0.1) is 0 Å². The van der Waals surface area contributed by atoms with Crippen LogP contribution in [0.15, 0.2) is 54.6 Å². The molecule has 5 heteroatoms. The molecule has 0 aromatic heterocycles. The lowest BCUT2D eigenvalue weighted by molar-refractivity contribution is -0.127. The molecule has 1 heterocycles. The van der Waals surface area contributed by atoms with Crippen LogP contribution in [0, 0.1) is 5.82 Å². The van der Waals surface area contributed by atoms with Crippen molar-refractivity contribution in [1.82, 2.24) is 5.32 Å². The fourth-order valence-corrected chi connectivity index (χ4v) is 3.05. The quantitative estimate of drug-likeness (QED) is 0.939. The number of carbonyl (C=O) groups excluding carboxylic acids is 2. The number of anilines is 1. The first kappa shape index (κ1) is 16.2. The molecular weight excluding hydrogens is 307 g/mol. The molecule has 0 spiro atoms. The van der Waals surface area contributed by atoms with Gasteiger partial charge in [0.1, 0.15) is 11.4 Å². The molecule has 1 atom stereocenters. The summed E-state index contributed by atoms with van der Waals surface area (Å²) in [6.07, 6.45) is 0.733. The van der Waals surface area contributed by atoms with Crippen molar-refractivity contribution >= 4 is 17.5 Å². The molecule has 4 nitrogen and oxygen atoms in total. The zero-order chi connectivity index (χ0) is 17.2. The monoisotopic (exact) mass is 326 g/mol. The molecule has 1 N–H and O–H groups in total. The molecule has 24 heavy (non-hydrogen) atoms. The zero-order valence-electron chi connectivity index (χ0n) is 13.5. The molecule has 0 aliphatic carbocycles. The van der Waals surface area contributed by atoms with Gasteiger partial charge < -0.3 is 5.32 Å². The van der Waals surface area contributed by atoms with Crippen LogP contribution in [0.2, 0.25) is 0 Å². The van der Waals surface area contributed by atoms with Crippen molar-refractivity contribution < 1.29 is 14.0 Å². The lowest BCUT2D eigenvalue weighted by Gasteiger charge is -2.34. The van der Waals surface area contributed by atoms with Gasteiger partial charge in [-0.25, -0.2) is 4.39 Å². The maximum Gasteiger partial charge on any atom is 0.246 e.